The topological polar surface area (TPSA) is 3.24 Å². The molecule has 0 amide bonds. The highest BCUT2D eigenvalue weighted by molar-refractivity contribution is 9.10. The number of fused-ring (bicyclic) bond motifs is 3. The molecule has 1 aliphatic rings. The molecule has 0 saturated heterocycles. The van der Waals surface area contributed by atoms with E-state index in [4.69, 9.17) is 0 Å². The summed E-state index contributed by atoms with van der Waals surface area (Å²) < 4.78 is 1.10. The second-order valence-corrected chi connectivity index (χ2v) is 10.3. The van der Waals surface area contributed by atoms with Gasteiger partial charge in [0.2, 0.25) is 0 Å². The molecule has 0 radical (unpaired) electrons. The molecular weight excluding hydrogens is 514 g/mol. The zero-order valence-corrected chi connectivity index (χ0v) is 21.8. The number of anilines is 3. The van der Waals surface area contributed by atoms with Gasteiger partial charge in [-0.15, -0.1) is 0 Å². The SMILES string of the molecule is Brc1cccc2cccc(N3c4ccccc4C(c4ccccc4)(c4ccccc4)c4ccccc43)c12. The predicted octanol–water partition coefficient (Wildman–Crippen LogP) is 9.77. The summed E-state index contributed by atoms with van der Waals surface area (Å²) in [7, 11) is 0. The molecule has 0 N–H and O–H groups in total. The fraction of sp³-hybridized carbons (Fsp3) is 0.0286. The predicted molar refractivity (Wildman–Crippen MR) is 158 cm³/mol. The lowest BCUT2D eigenvalue weighted by Gasteiger charge is -2.46. The molecule has 0 atom stereocenters. The molecule has 0 fully saturated rings. The normalized spacial score (nSPS) is 13.7. The number of rotatable bonds is 3. The van der Waals surface area contributed by atoms with E-state index in [9.17, 15) is 0 Å². The van der Waals surface area contributed by atoms with Crippen LogP contribution in [0, 0.1) is 0 Å². The zero-order chi connectivity index (χ0) is 24.8. The number of nitrogens with zero attached hydrogens (tertiary/aromatic N) is 1. The van der Waals surface area contributed by atoms with Crippen molar-refractivity contribution in [3.05, 3.63) is 172 Å². The highest BCUT2D eigenvalue weighted by Gasteiger charge is 2.46. The fourth-order valence-electron chi connectivity index (χ4n) is 6.13. The first-order chi connectivity index (χ1) is 18.3. The van der Waals surface area contributed by atoms with Crippen LogP contribution in [-0.2, 0) is 5.41 Å². The van der Waals surface area contributed by atoms with E-state index >= 15 is 0 Å². The third-order valence-electron chi connectivity index (χ3n) is 7.58. The molecule has 1 aliphatic heterocycles. The molecule has 0 bridgehead atoms. The van der Waals surface area contributed by atoms with Crippen molar-refractivity contribution in [2.24, 2.45) is 0 Å². The first-order valence-electron chi connectivity index (χ1n) is 12.6. The first kappa shape index (κ1) is 22.1. The number of hydrogen-bond donors (Lipinski definition) is 0. The molecule has 0 aromatic heterocycles. The van der Waals surface area contributed by atoms with Crippen LogP contribution in [0.1, 0.15) is 22.3 Å². The van der Waals surface area contributed by atoms with Crippen LogP contribution in [0.15, 0.2) is 150 Å². The third kappa shape index (κ3) is 3.22. The quantitative estimate of drug-likeness (QED) is 0.216. The molecule has 6 aromatic carbocycles. The van der Waals surface area contributed by atoms with Gasteiger partial charge in [0.05, 0.1) is 22.5 Å². The average Bonchev–Trinajstić information content (AvgIpc) is 2.97. The molecule has 0 spiro atoms. The minimum atomic E-state index is -0.450. The van der Waals surface area contributed by atoms with Gasteiger partial charge in [0.15, 0.2) is 0 Å². The second-order valence-electron chi connectivity index (χ2n) is 9.47. The van der Waals surface area contributed by atoms with Crippen LogP contribution in [0.5, 0.6) is 0 Å². The summed E-state index contributed by atoms with van der Waals surface area (Å²) in [6.07, 6.45) is 0. The van der Waals surface area contributed by atoms with E-state index in [1.807, 2.05) is 0 Å². The first-order valence-corrected chi connectivity index (χ1v) is 13.4. The van der Waals surface area contributed by atoms with Crippen molar-refractivity contribution in [2.75, 3.05) is 4.90 Å². The van der Waals surface area contributed by atoms with Gasteiger partial charge in [0.25, 0.3) is 0 Å². The third-order valence-corrected chi connectivity index (χ3v) is 8.25. The highest BCUT2D eigenvalue weighted by atomic mass is 79.9. The van der Waals surface area contributed by atoms with Crippen molar-refractivity contribution < 1.29 is 0 Å². The minimum Gasteiger partial charge on any atom is -0.309 e. The highest BCUT2D eigenvalue weighted by Crippen LogP contribution is 2.58. The van der Waals surface area contributed by atoms with Crippen molar-refractivity contribution in [3.63, 3.8) is 0 Å². The van der Waals surface area contributed by atoms with E-state index in [0.29, 0.717) is 0 Å². The molecule has 6 aromatic rings. The Kier molecular flexibility index (Phi) is 5.23. The molecule has 176 valence electrons. The number of halogens is 1. The molecule has 1 heterocycles. The molecule has 0 saturated carbocycles. The molecule has 0 aliphatic carbocycles. The fourth-order valence-corrected chi connectivity index (χ4v) is 6.72. The van der Waals surface area contributed by atoms with Crippen LogP contribution in [0.3, 0.4) is 0 Å². The van der Waals surface area contributed by atoms with Gasteiger partial charge in [-0.05, 0) is 51.9 Å². The molecule has 2 heteroatoms. The average molecular weight is 538 g/mol. The lowest BCUT2D eigenvalue weighted by molar-refractivity contribution is 0.731. The van der Waals surface area contributed by atoms with Crippen LogP contribution in [0.4, 0.5) is 17.1 Å². The van der Waals surface area contributed by atoms with E-state index in [1.165, 1.54) is 50.1 Å². The maximum atomic E-state index is 3.86. The van der Waals surface area contributed by atoms with E-state index in [-0.39, 0.29) is 0 Å². The van der Waals surface area contributed by atoms with Crippen molar-refractivity contribution in [2.45, 2.75) is 5.41 Å². The minimum absolute atomic E-state index is 0.450. The lowest BCUT2D eigenvalue weighted by atomic mass is 9.62. The van der Waals surface area contributed by atoms with Gasteiger partial charge < -0.3 is 4.90 Å². The Labute approximate surface area is 225 Å². The Bertz CT molecular complexity index is 1650. The smallest absolute Gasteiger partial charge is 0.0742 e. The summed E-state index contributed by atoms with van der Waals surface area (Å²) in [6.45, 7) is 0. The summed E-state index contributed by atoms with van der Waals surface area (Å²) in [5, 5.41) is 2.42. The van der Waals surface area contributed by atoms with E-state index in [1.54, 1.807) is 0 Å². The molecular formula is C35H24BrN. The van der Waals surface area contributed by atoms with E-state index in [0.717, 1.165) is 4.47 Å². The summed E-state index contributed by atoms with van der Waals surface area (Å²) in [5.74, 6) is 0. The summed E-state index contributed by atoms with van der Waals surface area (Å²) >= 11 is 3.86. The van der Waals surface area contributed by atoms with Crippen molar-refractivity contribution in [1.29, 1.82) is 0 Å². The van der Waals surface area contributed by atoms with Gasteiger partial charge in [0, 0.05) is 9.86 Å². The Hall–Kier alpha value is -4.14. The standard InChI is InChI=1S/C35H24BrN/c36-30-21-11-13-25-14-12-24-33(34(25)30)37-31-22-9-7-19-28(31)35(26-15-3-1-4-16-26,27-17-5-2-6-18-27)29-20-8-10-23-32(29)37/h1-24H. The summed E-state index contributed by atoms with van der Waals surface area (Å²) in [6, 6.07) is 52.7. The monoisotopic (exact) mass is 537 g/mol. The van der Waals surface area contributed by atoms with Gasteiger partial charge >= 0.3 is 0 Å². The molecule has 0 unspecified atom stereocenters. The maximum absolute atomic E-state index is 3.86. The maximum Gasteiger partial charge on any atom is 0.0742 e. The molecule has 37 heavy (non-hydrogen) atoms. The lowest BCUT2D eigenvalue weighted by Crippen LogP contribution is -2.37. The van der Waals surface area contributed by atoms with Gasteiger partial charge in [0.1, 0.15) is 0 Å². The molecule has 1 nitrogen and oxygen atoms in total. The van der Waals surface area contributed by atoms with Gasteiger partial charge in [-0.1, -0.05) is 137 Å². The Morgan fingerprint density at radius 1 is 0.432 bits per heavy atom. The summed E-state index contributed by atoms with van der Waals surface area (Å²) in [4.78, 5) is 2.45. The van der Waals surface area contributed by atoms with Crippen LogP contribution in [-0.4, -0.2) is 0 Å². The molecule has 7 rings (SSSR count). The summed E-state index contributed by atoms with van der Waals surface area (Å²) in [5.41, 5.74) is 8.17. The van der Waals surface area contributed by atoms with Gasteiger partial charge in [-0.25, -0.2) is 0 Å². The van der Waals surface area contributed by atoms with Crippen molar-refractivity contribution in [3.8, 4) is 0 Å². The van der Waals surface area contributed by atoms with E-state index in [2.05, 4.69) is 166 Å². The largest absolute Gasteiger partial charge is 0.309 e. The van der Waals surface area contributed by atoms with Crippen molar-refractivity contribution >= 4 is 43.8 Å². The Balaban J connectivity index is 1.64. The Morgan fingerprint density at radius 3 is 1.46 bits per heavy atom. The van der Waals surface area contributed by atoms with E-state index < -0.39 is 5.41 Å². The van der Waals surface area contributed by atoms with Crippen LogP contribution in [0.25, 0.3) is 10.8 Å². The zero-order valence-electron chi connectivity index (χ0n) is 20.2. The van der Waals surface area contributed by atoms with Crippen LogP contribution >= 0.6 is 15.9 Å². The number of benzene rings is 6. The second kappa shape index (κ2) is 8.76. The van der Waals surface area contributed by atoms with Gasteiger partial charge in [-0.3, -0.25) is 0 Å². The van der Waals surface area contributed by atoms with Crippen molar-refractivity contribution in [1.82, 2.24) is 0 Å². The Morgan fingerprint density at radius 2 is 0.892 bits per heavy atom. The number of para-hydroxylation sites is 2. The number of hydrogen-bond acceptors (Lipinski definition) is 1. The van der Waals surface area contributed by atoms with Gasteiger partial charge in [-0.2, -0.15) is 0 Å². The van der Waals surface area contributed by atoms with Crippen LogP contribution < -0.4 is 4.90 Å². The van der Waals surface area contributed by atoms with Crippen LogP contribution in [0.2, 0.25) is 0 Å².